The van der Waals surface area contributed by atoms with Crippen LogP contribution < -0.4 is 5.32 Å². The van der Waals surface area contributed by atoms with Crippen molar-refractivity contribution in [3.05, 3.63) is 29.8 Å². The molecule has 0 unspecified atom stereocenters. The second kappa shape index (κ2) is 6.71. The van der Waals surface area contributed by atoms with Crippen molar-refractivity contribution in [2.75, 3.05) is 18.5 Å². The molecule has 2 amide bonds. The van der Waals surface area contributed by atoms with Crippen LogP contribution in [0.15, 0.2) is 24.3 Å². The summed E-state index contributed by atoms with van der Waals surface area (Å²) in [6, 6.07) is 7.97. The number of nitrogens with zero attached hydrogens (tertiary/aromatic N) is 1. The zero-order valence-electron chi connectivity index (χ0n) is 13.7. The number of amides is 2. The van der Waals surface area contributed by atoms with Gasteiger partial charge in [-0.05, 0) is 38.3 Å². The summed E-state index contributed by atoms with van der Waals surface area (Å²) in [5.74, 6) is 0.0295. The van der Waals surface area contributed by atoms with Gasteiger partial charge in [0.2, 0.25) is 11.8 Å². The van der Waals surface area contributed by atoms with E-state index in [9.17, 15) is 9.59 Å². The number of fused-ring (bicyclic) bond motifs is 1. The molecule has 0 saturated carbocycles. The molecule has 1 N–H and O–H groups in total. The van der Waals surface area contributed by atoms with E-state index in [1.165, 1.54) is 0 Å². The number of ether oxygens (including phenoxy) is 1. The van der Waals surface area contributed by atoms with Crippen LogP contribution in [0.4, 0.5) is 5.69 Å². The number of nitrogens with one attached hydrogen (secondary N) is 1. The summed E-state index contributed by atoms with van der Waals surface area (Å²) < 4.78 is 5.56. The Morgan fingerprint density at radius 1 is 1.35 bits per heavy atom. The van der Waals surface area contributed by atoms with Crippen molar-refractivity contribution in [3.8, 4) is 0 Å². The SMILES string of the molecule is C[C@@H]1CN(C(=O)CC[C@@H]2Cc3ccccc3NC2=O)[C@H](C)CO1. The summed E-state index contributed by atoms with van der Waals surface area (Å²) in [7, 11) is 0. The van der Waals surface area contributed by atoms with Gasteiger partial charge in [-0.2, -0.15) is 0 Å². The topological polar surface area (TPSA) is 58.6 Å². The lowest BCUT2D eigenvalue weighted by Gasteiger charge is -2.37. The summed E-state index contributed by atoms with van der Waals surface area (Å²) in [6.07, 6.45) is 1.80. The first-order valence-electron chi connectivity index (χ1n) is 8.34. The van der Waals surface area contributed by atoms with Crippen LogP contribution in [0.2, 0.25) is 0 Å². The standard InChI is InChI=1S/C18H24N2O3/c1-12-11-23-13(2)10-20(12)17(21)8-7-15-9-14-5-3-4-6-16(14)19-18(15)22/h3-6,12-13,15H,7-11H2,1-2H3,(H,19,22)/t12-,13-,15-/m1/s1. The quantitative estimate of drug-likeness (QED) is 0.930. The van der Waals surface area contributed by atoms with Crippen LogP contribution >= 0.6 is 0 Å². The van der Waals surface area contributed by atoms with E-state index in [4.69, 9.17) is 4.74 Å². The Labute approximate surface area is 137 Å². The summed E-state index contributed by atoms with van der Waals surface area (Å²) in [5, 5.41) is 2.95. The maximum absolute atomic E-state index is 12.5. The predicted molar refractivity (Wildman–Crippen MR) is 88.1 cm³/mol. The van der Waals surface area contributed by atoms with Crippen LogP contribution in [-0.4, -0.2) is 42.0 Å². The Kier molecular flexibility index (Phi) is 4.66. The largest absolute Gasteiger partial charge is 0.375 e. The van der Waals surface area contributed by atoms with Gasteiger partial charge in [-0.25, -0.2) is 0 Å². The number of hydrogen-bond donors (Lipinski definition) is 1. The summed E-state index contributed by atoms with van der Waals surface area (Å²) in [6.45, 7) is 5.22. The van der Waals surface area contributed by atoms with Crippen LogP contribution in [-0.2, 0) is 20.7 Å². The van der Waals surface area contributed by atoms with Crippen molar-refractivity contribution in [1.29, 1.82) is 0 Å². The zero-order chi connectivity index (χ0) is 16.4. The monoisotopic (exact) mass is 316 g/mol. The number of rotatable bonds is 3. The highest BCUT2D eigenvalue weighted by Gasteiger charge is 2.30. The second-order valence-corrected chi connectivity index (χ2v) is 6.63. The van der Waals surface area contributed by atoms with Crippen LogP contribution in [0, 0.1) is 5.92 Å². The second-order valence-electron chi connectivity index (χ2n) is 6.63. The van der Waals surface area contributed by atoms with Crippen molar-refractivity contribution in [2.24, 2.45) is 5.92 Å². The van der Waals surface area contributed by atoms with Gasteiger partial charge in [0.15, 0.2) is 0 Å². The fourth-order valence-electron chi connectivity index (χ4n) is 3.34. The van der Waals surface area contributed by atoms with Crippen molar-refractivity contribution in [3.63, 3.8) is 0 Å². The Balaban J connectivity index is 1.58. The van der Waals surface area contributed by atoms with E-state index in [1.54, 1.807) is 0 Å². The number of para-hydroxylation sites is 1. The molecule has 0 bridgehead atoms. The average molecular weight is 316 g/mol. The lowest BCUT2D eigenvalue weighted by Crippen LogP contribution is -2.50. The van der Waals surface area contributed by atoms with E-state index in [1.807, 2.05) is 43.0 Å². The normalized spacial score (nSPS) is 27.3. The lowest BCUT2D eigenvalue weighted by atomic mass is 9.89. The molecule has 1 aromatic rings. The minimum Gasteiger partial charge on any atom is -0.375 e. The molecule has 124 valence electrons. The first-order chi connectivity index (χ1) is 11.0. The van der Waals surface area contributed by atoms with Gasteiger partial charge in [0.05, 0.1) is 18.8 Å². The van der Waals surface area contributed by atoms with Crippen LogP contribution in [0.3, 0.4) is 0 Å². The minimum atomic E-state index is -0.123. The molecule has 0 aromatic heterocycles. The average Bonchev–Trinajstić information content (AvgIpc) is 2.54. The Hall–Kier alpha value is -1.88. The third-order valence-electron chi connectivity index (χ3n) is 4.75. The smallest absolute Gasteiger partial charge is 0.227 e. The molecule has 5 nitrogen and oxygen atoms in total. The summed E-state index contributed by atoms with van der Waals surface area (Å²) in [4.78, 5) is 26.6. The molecule has 1 aromatic carbocycles. The Morgan fingerprint density at radius 3 is 2.96 bits per heavy atom. The molecular formula is C18H24N2O3. The third kappa shape index (κ3) is 3.55. The van der Waals surface area contributed by atoms with E-state index in [0.29, 0.717) is 32.4 Å². The zero-order valence-corrected chi connectivity index (χ0v) is 13.7. The first kappa shape index (κ1) is 16.0. The predicted octanol–water partition coefficient (Wildman–Crippen LogP) is 2.21. The molecule has 3 rings (SSSR count). The molecule has 2 heterocycles. The van der Waals surface area contributed by atoms with Gasteiger partial charge in [0, 0.05) is 24.6 Å². The van der Waals surface area contributed by atoms with Crippen LogP contribution in [0.1, 0.15) is 32.3 Å². The first-order valence-corrected chi connectivity index (χ1v) is 8.34. The molecule has 0 spiro atoms. The van der Waals surface area contributed by atoms with Gasteiger partial charge in [-0.3, -0.25) is 9.59 Å². The molecular weight excluding hydrogens is 292 g/mol. The van der Waals surface area contributed by atoms with Crippen molar-refractivity contribution in [2.45, 2.75) is 45.3 Å². The maximum atomic E-state index is 12.5. The highest BCUT2D eigenvalue weighted by atomic mass is 16.5. The summed E-state index contributed by atoms with van der Waals surface area (Å²) in [5.41, 5.74) is 2.05. The fourth-order valence-corrected chi connectivity index (χ4v) is 3.34. The van der Waals surface area contributed by atoms with E-state index < -0.39 is 0 Å². The number of benzene rings is 1. The third-order valence-corrected chi connectivity index (χ3v) is 4.75. The number of morpholine rings is 1. The van der Waals surface area contributed by atoms with Crippen molar-refractivity contribution >= 4 is 17.5 Å². The highest BCUT2D eigenvalue weighted by molar-refractivity contribution is 5.96. The van der Waals surface area contributed by atoms with Crippen LogP contribution in [0.25, 0.3) is 0 Å². The van der Waals surface area contributed by atoms with Crippen LogP contribution in [0.5, 0.6) is 0 Å². The van der Waals surface area contributed by atoms with Gasteiger partial charge in [-0.15, -0.1) is 0 Å². The number of carbonyl (C=O) groups is 2. The van der Waals surface area contributed by atoms with E-state index in [2.05, 4.69) is 5.32 Å². The highest BCUT2D eigenvalue weighted by Crippen LogP contribution is 2.28. The Morgan fingerprint density at radius 2 is 2.13 bits per heavy atom. The molecule has 0 aliphatic carbocycles. The number of carbonyl (C=O) groups excluding carboxylic acids is 2. The molecule has 2 aliphatic heterocycles. The molecule has 1 saturated heterocycles. The van der Waals surface area contributed by atoms with E-state index in [-0.39, 0.29) is 29.9 Å². The van der Waals surface area contributed by atoms with E-state index in [0.717, 1.165) is 11.3 Å². The fraction of sp³-hybridized carbons (Fsp3) is 0.556. The van der Waals surface area contributed by atoms with Crippen molar-refractivity contribution in [1.82, 2.24) is 4.90 Å². The maximum Gasteiger partial charge on any atom is 0.227 e. The number of anilines is 1. The van der Waals surface area contributed by atoms with Gasteiger partial charge in [0.1, 0.15) is 0 Å². The summed E-state index contributed by atoms with van der Waals surface area (Å²) >= 11 is 0. The Bertz CT molecular complexity index is 602. The van der Waals surface area contributed by atoms with Gasteiger partial charge < -0.3 is 15.0 Å². The van der Waals surface area contributed by atoms with Gasteiger partial charge in [0.25, 0.3) is 0 Å². The van der Waals surface area contributed by atoms with Crippen molar-refractivity contribution < 1.29 is 14.3 Å². The molecule has 3 atom stereocenters. The molecule has 0 radical (unpaired) electrons. The minimum absolute atomic E-state index is 0.0277. The molecule has 1 fully saturated rings. The van der Waals surface area contributed by atoms with E-state index >= 15 is 0 Å². The molecule has 5 heteroatoms. The number of hydrogen-bond acceptors (Lipinski definition) is 3. The molecule has 2 aliphatic rings. The molecule has 23 heavy (non-hydrogen) atoms. The lowest BCUT2D eigenvalue weighted by molar-refractivity contribution is -0.143. The van der Waals surface area contributed by atoms with Gasteiger partial charge >= 0.3 is 0 Å². The van der Waals surface area contributed by atoms with Gasteiger partial charge in [-0.1, -0.05) is 18.2 Å².